The molecule has 0 bridgehead atoms. The van der Waals surface area contributed by atoms with Gasteiger partial charge in [0.2, 0.25) is 0 Å². The molecule has 0 unspecified atom stereocenters. The first kappa shape index (κ1) is 12.7. The number of pyridine rings is 1. The number of fused-ring (bicyclic) bond motifs is 1. The van der Waals surface area contributed by atoms with Crippen molar-refractivity contribution in [2.24, 2.45) is 0 Å². The zero-order valence-corrected chi connectivity index (χ0v) is 10.5. The van der Waals surface area contributed by atoms with Crippen molar-refractivity contribution in [1.82, 2.24) is 4.98 Å². The lowest BCUT2D eigenvalue weighted by molar-refractivity contribution is -0.688. The molecule has 5 heteroatoms. The second-order valence-electron chi connectivity index (χ2n) is 4.64. The van der Waals surface area contributed by atoms with Crippen molar-refractivity contribution in [2.45, 2.75) is 12.7 Å². The van der Waals surface area contributed by atoms with E-state index in [0.29, 0.717) is 12.1 Å². The topological polar surface area (TPSA) is 19.7 Å². The van der Waals surface area contributed by atoms with E-state index in [1.807, 2.05) is 41.2 Å². The number of benzene rings is 1. The lowest BCUT2D eigenvalue weighted by Crippen LogP contribution is -2.32. The predicted octanol–water partition coefficient (Wildman–Crippen LogP) is 3.52. The summed E-state index contributed by atoms with van der Waals surface area (Å²) in [5, 5.41) is 0.782. The van der Waals surface area contributed by atoms with Crippen molar-refractivity contribution in [3.8, 4) is 0 Å². The highest BCUT2D eigenvalue weighted by Gasteiger charge is 2.30. The van der Waals surface area contributed by atoms with Crippen molar-refractivity contribution in [1.29, 1.82) is 0 Å². The quantitative estimate of drug-likeness (QED) is 0.691. The summed E-state index contributed by atoms with van der Waals surface area (Å²) in [6.45, 7) is 0.594. The smallest absolute Gasteiger partial charge is 0.353 e. The molecule has 0 radical (unpaired) electrons. The van der Waals surface area contributed by atoms with Gasteiger partial charge in [-0.2, -0.15) is 17.7 Å². The third-order valence-corrected chi connectivity index (χ3v) is 3.14. The summed E-state index contributed by atoms with van der Waals surface area (Å²) in [5.74, 6) is 0. The maximum absolute atomic E-state index is 12.7. The zero-order chi connectivity index (χ0) is 14.2. The van der Waals surface area contributed by atoms with Gasteiger partial charge in [0.05, 0.1) is 11.3 Å². The van der Waals surface area contributed by atoms with Gasteiger partial charge in [-0.05, 0) is 23.6 Å². The van der Waals surface area contributed by atoms with Gasteiger partial charge in [0.1, 0.15) is 0 Å². The molecule has 0 aliphatic rings. The highest BCUT2D eigenvalue weighted by molar-refractivity contribution is 5.81. The summed E-state index contributed by atoms with van der Waals surface area (Å²) in [6, 6.07) is 11.3. The van der Waals surface area contributed by atoms with Crippen LogP contribution in [-0.4, -0.2) is 4.98 Å². The van der Waals surface area contributed by atoms with Crippen LogP contribution in [0.1, 0.15) is 11.3 Å². The van der Waals surface area contributed by atoms with E-state index in [-0.39, 0.29) is 0 Å². The Labute approximate surface area is 113 Å². The maximum atomic E-state index is 12.7. The van der Waals surface area contributed by atoms with Gasteiger partial charge in [0, 0.05) is 17.6 Å². The number of aromatic nitrogens is 2. The Kier molecular flexibility index (Phi) is 2.97. The summed E-state index contributed by atoms with van der Waals surface area (Å²) in [4.78, 5) is 3.04. The molecule has 2 heterocycles. The zero-order valence-electron chi connectivity index (χ0n) is 10.5. The van der Waals surface area contributed by atoms with E-state index >= 15 is 0 Å². The first-order chi connectivity index (χ1) is 9.52. The summed E-state index contributed by atoms with van der Waals surface area (Å²) in [5.41, 5.74) is 0.743. The summed E-state index contributed by atoms with van der Waals surface area (Å²) in [7, 11) is 0. The van der Waals surface area contributed by atoms with Gasteiger partial charge in [0.25, 0.3) is 0 Å². The van der Waals surface area contributed by atoms with E-state index in [1.165, 1.54) is 6.07 Å². The summed E-state index contributed by atoms with van der Waals surface area (Å²) >= 11 is 0. The van der Waals surface area contributed by atoms with Crippen molar-refractivity contribution >= 4 is 10.9 Å². The fourth-order valence-electron chi connectivity index (χ4n) is 2.19. The Morgan fingerprint density at radius 1 is 1.00 bits per heavy atom. The second-order valence-corrected chi connectivity index (χ2v) is 4.64. The largest absolute Gasteiger partial charge is 0.416 e. The molecule has 0 atom stereocenters. The van der Waals surface area contributed by atoms with Crippen LogP contribution in [0.3, 0.4) is 0 Å². The monoisotopic (exact) mass is 277 g/mol. The Morgan fingerprint density at radius 3 is 2.45 bits per heavy atom. The average molecular weight is 277 g/mol. The van der Waals surface area contributed by atoms with Crippen molar-refractivity contribution in [2.75, 3.05) is 0 Å². The standard InChI is InChI=1S/C15H12F3N2/c16-15(17,18)12-5-4-11-8-13(19-14(11)9-12)10-20-6-2-1-3-7-20/h1-9,19H,10H2/q+1. The number of hydrogen-bond donors (Lipinski definition) is 1. The summed E-state index contributed by atoms with van der Waals surface area (Å²) in [6.07, 6.45) is -0.493. The molecule has 1 aromatic carbocycles. The number of H-pyrrole nitrogens is 1. The molecule has 20 heavy (non-hydrogen) atoms. The van der Waals surface area contributed by atoms with Crippen molar-refractivity contribution in [3.63, 3.8) is 0 Å². The molecule has 0 fully saturated rings. The van der Waals surface area contributed by atoms with Crippen LogP contribution >= 0.6 is 0 Å². The van der Waals surface area contributed by atoms with Gasteiger partial charge in [-0.15, -0.1) is 0 Å². The Bertz CT molecular complexity index is 730. The first-order valence-corrected chi connectivity index (χ1v) is 6.15. The fourth-order valence-corrected chi connectivity index (χ4v) is 2.19. The van der Waals surface area contributed by atoms with Crippen LogP contribution in [0, 0.1) is 0 Å². The fraction of sp³-hybridized carbons (Fsp3) is 0.133. The van der Waals surface area contributed by atoms with Crippen LogP contribution in [0.2, 0.25) is 0 Å². The van der Waals surface area contributed by atoms with Crippen LogP contribution in [0.25, 0.3) is 10.9 Å². The molecule has 2 nitrogen and oxygen atoms in total. The van der Waals surface area contributed by atoms with Gasteiger partial charge >= 0.3 is 6.18 Å². The Hall–Kier alpha value is -2.30. The second kappa shape index (κ2) is 4.67. The van der Waals surface area contributed by atoms with Gasteiger partial charge in [-0.1, -0.05) is 12.1 Å². The van der Waals surface area contributed by atoms with E-state index in [2.05, 4.69) is 4.98 Å². The van der Waals surface area contributed by atoms with Gasteiger partial charge < -0.3 is 4.98 Å². The first-order valence-electron chi connectivity index (χ1n) is 6.15. The molecule has 0 aliphatic heterocycles. The van der Waals surface area contributed by atoms with Crippen LogP contribution in [0.15, 0.2) is 54.9 Å². The highest BCUT2D eigenvalue weighted by Crippen LogP contribution is 2.31. The van der Waals surface area contributed by atoms with Gasteiger partial charge in [-0.25, -0.2) is 0 Å². The molecule has 0 spiro atoms. The van der Waals surface area contributed by atoms with Crippen LogP contribution in [0.5, 0.6) is 0 Å². The molecule has 0 aliphatic carbocycles. The average Bonchev–Trinajstić information content (AvgIpc) is 2.80. The minimum atomic E-state index is -4.31. The van der Waals surface area contributed by atoms with Gasteiger partial charge in [0.15, 0.2) is 18.9 Å². The van der Waals surface area contributed by atoms with E-state index in [1.54, 1.807) is 0 Å². The number of nitrogens with zero attached hydrogens (tertiary/aromatic N) is 1. The number of aromatic amines is 1. The SMILES string of the molecule is FC(F)(F)c1ccc2cc(C[n+]3ccccc3)[nH]c2c1. The third kappa shape index (κ3) is 2.52. The molecule has 2 aromatic heterocycles. The third-order valence-electron chi connectivity index (χ3n) is 3.14. The van der Waals surface area contributed by atoms with E-state index in [4.69, 9.17) is 0 Å². The Morgan fingerprint density at radius 2 is 1.75 bits per heavy atom. The molecule has 0 amide bonds. The normalized spacial score (nSPS) is 11.9. The van der Waals surface area contributed by atoms with Gasteiger partial charge in [-0.3, -0.25) is 0 Å². The number of rotatable bonds is 2. The summed E-state index contributed by atoms with van der Waals surface area (Å²) < 4.78 is 39.9. The molecule has 3 aromatic rings. The van der Waals surface area contributed by atoms with Crippen molar-refractivity contribution < 1.29 is 17.7 Å². The van der Waals surface area contributed by atoms with E-state index in [9.17, 15) is 13.2 Å². The minimum absolute atomic E-state index is 0.506. The number of alkyl halides is 3. The van der Waals surface area contributed by atoms with E-state index in [0.717, 1.165) is 23.2 Å². The lowest BCUT2D eigenvalue weighted by Gasteiger charge is -2.05. The highest BCUT2D eigenvalue weighted by atomic mass is 19.4. The van der Waals surface area contributed by atoms with Crippen LogP contribution in [-0.2, 0) is 12.7 Å². The van der Waals surface area contributed by atoms with Crippen molar-refractivity contribution in [3.05, 3.63) is 66.1 Å². The molecule has 1 N–H and O–H groups in total. The number of nitrogens with one attached hydrogen (secondary N) is 1. The molecule has 0 saturated heterocycles. The molecule has 0 saturated carbocycles. The van der Waals surface area contributed by atoms with Crippen LogP contribution in [0.4, 0.5) is 13.2 Å². The van der Waals surface area contributed by atoms with Crippen LogP contribution < -0.4 is 4.57 Å². The van der Waals surface area contributed by atoms with E-state index < -0.39 is 11.7 Å². The maximum Gasteiger partial charge on any atom is 0.416 e. The lowest BCUT2D eigenvalue weighted by atomic mass is 10.1. The minimum Gasteiger partial charge on any atom is -0.353 e. The Balaban J connectivity index is 1.95. The number of halogens is 3. The molecular formula is C15H12F3N2+. The number of hydrogen-bond acceptors (Lipinski definition) is 0. The molecule has 3 rings (SSSR count). The molecular weight excluding hydrogens is 265 g/mol. The molecule has 102 valence electrons. The predicted molar refractivity (Wildman–Crippen MR) is 69.0 cm³/mol.